The molecule has 1 aliphatic heterocycles. The lowest BCUT2D eigenvalue weighted by Crippen LogP contribution is -2.41. The number of fused-ring (bicyclic) bond motifs is 1. The molecule has 0 aliphatic carbocycles. The minimum atomic E-state index is -5.35. The van der Waals surface area contributed by atoms with Gasteiger partial charge in [-0.1, -0.05) is 42.8 Å². The maximum atomic E-state index is 13.8. The number of amides is 2. The number of carbonyl (C=O) groups is 4. The van der Waals surface area contributed by atoms with Crippen molar-refractivity contribution in [3.05, 3.63) is 65.2 Å². The Morgan fingerprint density at radius 2 is 1.76 bits per heavy atom. The van der Waals surface area contributed by atoms with Gasteiger partial charge >= 0.3 is 18.1 Å². The highest BCUT2D eigenvalue weighted by molar-refractivity contribution is 6.09. The van der Waals surface area contributed by atoms with Gasteiger partial charge in [-0.15, -0.1) is 0 Å². The number of ether oxygens (including phenoxy) is 1. The number of hydrogen-bond acceptors (Lipinski definition) is 6. The van der Waals surface area contributed by atoms with Crippen LogP contribution >= 0.6 is 0 Å². The Labute approximate surface area is 212 Å². The van der Waals surface area contributed by atoms with Crippen molar-refractivity contribution < 1.29 is 37.1 Å². The van der Waals surface area contributed by atoms with E-state index >= 15 is 0 Å². The van der Waals surface area contributed by atoms with Gasteiger partial charge < -0.3 is 20.3 Å². The molecular formula is C26H28F3N3O5. The second-order valence-corrected chi connectivity index (χ2v) is 8.73. The molecule has 0 radical (unpaired) electrons. The summed E-state index contributed by atoms with van der Waals surface area (Å²) in [5, 5.41) is 0. The third kappa shape index (κ3) is 6.94. The van der Waals surface area contributed by atoms with Gasteiger partial charge in [-0.05, 0) is 49.1 Å². The third-order valence-corrected chi connectivity index (χ3v) is 6.12. The van der Waals surface area contributed by atoms with Crippen LogP contribution in [0.4, 0.5) is 18.9 Å². The van der Waals surface area contributed by atoms with E-state index in [-0.39, 0.29) is 5.56 Å². The summed E-state index contributed by atoms with van der Waals surface area (Å²) < 4.78 is 41.8. The summed E-state index contributed by atoms with van der Waals surface area (Å²) in [6.45, 7) is 0.151. The normalized spacial score (nSPS) is 14.7. The standard InChI is InChI=1S/C26H28F3N3O5/c1-31-20-12-11-17(8-4-3-7-13-30)14-19(20)24(35)32(16-22(31)33)21(18-9-5-2-6-10-18)15-23(34)37-25(36)26(27,28)29/h2,5-6,9-12,14,21H,3-4,7-8,13,15-16,30H2,1H3. The Bertz CT molecular complexity index is 1150. The van der Waals surface area contributed by atoms with Gasteiger partial charge in [0, 0.05) is 7.05 Å². The number of unbranched alkanes of at least 4 members (excludes halogenated alkanes) is 2. The largest absolute Gasteiger partial charge is 0.491 e. The fourth-order valence-corrected chi connectivity index (χ4v) is 4.16. The van der Waals surface area contributed by atoms with Gasteiger partial charge in [0.15, 0.2) is 0 Å². The van der Waals surface area contributed by atoms with Crippen molar-refractivity contribution in [1.29, 1.82) is 0 Å². The smallest absolute Gasteiger partial charge is 0.386 e. The molecule has 11 heteroatoms. The molecule has 1 heterocycles. The maximum Gasteiger partial charge on any atom is 0.491 e. The molecule has 2 amide bonds. The zero-order chi connectivity index (χ0) is 27.2. The number of alkyl halides is 3. The van der Waals surface area contributed by atoms with Gasteiger partial charge in [-0.25, -0.2) is 4.79 Å². The summed E-state index contributed by atoms with van der Waals surface area (Å²) in [7, 11) is 1.52. The number of anilines is 1. The first kappa shape index (κ1) is 27.9. The monoisotopic (exact) mass is 519 g/mol. The maximum absolute atomic E-state index is 13.8. The topological polar surface area (TPSA) is 110 Å². The average molecular weight is 520 g/mol. The predicted octanol–water partition coefficient (Wildman–Crippen LogP) is 3.54. The van der Waals surface area contributed by atoms with Crippen LogP contribution in [0.5, 0.6) is 0 Å². The average Bonchev–Trinajstić information content (AvgIpc) is 2.95. The Hall–Kier alpha value is -3.73. The first-order chi connectivity index (χ1) is 17.5. The number of halogens is 3. The number of nitrogens with zero attached hydrogens (tertiary/aromatic N) is 2. The van der Waals surface area contributed by atoms with E-state index in [1.165, 1.54) is 11.9 Å². The van der Waals surface area contributed by atoms with Gasteiger partial charge in [0.05, 0.1) is 23.7 Å². The molecule has 8 nitrogen and oxygen atoms in total. The van der Waals surface area contributed by atoms with E-state index in [4.69, 9.17) is 5.73 Å². The van der Waals surface area contributed by atoms with Crippen molar-refractivity contribution in [2.24, 2.45) is 5.73 Å². The van der Waals surface area contributed by atoms with Gasteiger partial charge in [0.25, 0.3) is 5.91 Å². The van der Waals surface area contributed by atoms with Crippen molar-refractivity contribution in [3.63, 3.8) is 0 Å². The Balaban J connectivity index is 1.96. The van der Waals surface area contributed by atoms with E-state index in [0.29, 0.717) is 24.2 Å². The SMILES string of the molecule is CN1C(=O)CN(C(CC(=O)OC(=O)C(F)(F)F)c2ccccc2)C(=O)c2cc(CCCCCN)ccc21. The minimum Gasteiger partial charge on any atom is -0.386 e. The van der Waals surface area contributed by atoms with Crippen molar-refractivity contribution in [3.8, 4) is 0 Å². The molecule has 0 saturated carbocycles. The first-order valence-corrected chi connectivity index (χ1v) is 11.8. The molecule has 1 aliphatic rings. The number of hydrogen-bond donors (Lipinski definition) is 1. The molecule has 1 atom stereocenters. The highest BCUT2D eigenvalue weighted by Crippen LogP contribution is 2.33. The minimum absolute atomic E-state index is 0.227. The molecule has 2 aromatic rings. The van der Waals surface area contributed by atoms with Crippen LogP contribution in [0.3, 0.4) is 0 Å². The van der Waals surface area contributed by atoms with E-state index < -0.39 is 48.9 Å². The predicted molar refractivity (Wildman–Crippen MR) is 128 cm³/mol. The third-order valence-electron chi connectivity index (χ3n) is 6.12. The van der Waals surface area contributed by atoms with Crippen LogP contribution in [-0.2, 0) is 25.5 Å². The number of rotatable bonds is 9. The number of carbonyl (C=O) groups excluding carboxylic acids is 4. The Morgan fingerprint density at radius 3 is 2.41 bits per heavy atom. The van der Waals surface area contributed by atoms with Crippen LogP contribution in [0, 0.1) is 0 Å². The van der Waals surface area contributed by atoms with Crippen LogP contribution in [0.25, 0.3) is 0 Å². The summed E-state index contributed by atoms with van der Waals surface area (Å²) in [5.74, 6) is -5.14. The van der Waals surface area contributed by atoms with Crippen LogP contribution in [0.15, 0.2) is 48.5 Å². The van der Waals surface area contributed by atoms with Crippen molar-refractivity contribution in [1.82, 2.24) is 4.90 Å². The highest BCUT2D eigenvalue weighted by atomic mass is 19.4. The number of nitrogens with two attached hydrogens (primary N) is 1. The van der Waals surface area contributed by atoms with E-state index in [1.807, 2.05) is 6.07 Å². The summed E-state index contributed by atoms with van der Waals surface area (Å²) >= 11 is 0. The molecule has 0 spiro atoms. The molecule has 0 saturated heterocycles. The number of likely N-dealkylation sites (N-methyl/N-ethyl adjacent to an activating group) is 1. The molecule has 198 valence electrons. The van der Waals surface area contributed by atoms with Crippen LogP contribution in [0.1, 0.15) is 53.2 Å². The Kier molecular flexibility index (Phi) is 9.04. The summed E-state index contributed by atoms with van der Waals surface area (Å²) in [4.78, 5) is 52.8. The quantitative estimate of drug-likeness (QED) is 0.308. The van der Waals surface area contributed by atoms with Crippen molar-refractivity contribution in [2.45, 2.75) is 44.3 Å². The summed E-state index contributed by atoms with van der Waals surface area (Å²) in [5.41, 5.74) is 7.41. The zero-order valence-electron chi connectivity index (χ0n) is 20.3. The first-order valence-electron chi connectivity index (χ1n) is 11.8. The van der Waals surface area contributed by atoms with E-state index in [1.54, 1.807) is 42.5 Å². The summed E-state index contributed by atoms with van der Waals surface area (Å²) in [6.07, 6.45) is -2.78. The zero-order valence-corrected chi connectivity index (χ0v) is 20.3. The lowest BCUT2D eigenvalue weighted by molar-refractivity contribution is -0.202. The molecule has 37 heavy (non-hydrogen) atoms. The Morgan fingerprint density at radius 1 is 1.05 bits per heavy atom. The molecule has 1 unspecified atom stereocenters. The van der Waals surface area contributed by atoms with Gasteiger partial charge in [-0.2, -0.15) is 13.2 Å². The van der Waals surface area contributed by atoms with Crippen molar-refractivity contribution in [2.75, 3.05) is 25.0 Å². The van der Waals surface area contributed by atoms with Gasteiger partial charge in [0.1, 0.15) is 6.54 Å². The molecule has 0 bridgehead atoms. The number of esters is 2. The fraction of sp³-hybridized carbons (Fsp3) is 0.385. The lowest BCUT2D eigenvalue weighted by atomic mass is 9.99. The number of benzene rings is 2. The van der Waals surface area contributed by atoms with Crippen LogP contribution < -0.4 is 10.6 Å². The van der Waals surface area contributed by atoms with Gasteiger partial charge in [-0.3, -0.25) is 14.4 Å². The fourth-order valence-electron chi connectivity index (χ4n) is 4.16. The van der Waals surface area contributed by atoms with Crippen LogP contribution in [-0.4, -0.2) is 55.0 Å². The van der Waals surface area contributed by atoms with E-state index in [9.17, 15) is 32.3 Å². The summed E-state index contributed by atoms with van der Waals surface area (Å²) in [6, 6.07) is 12.1. The van der Waals surface area contributed by atoms with E-state index in [0.717, 1.165) is 29.7 Å². The van der Waals surface area contributed by atoms with Crippen LogP contribution in [0.2, 0.25) is 0 Å². The van der Waals surface area contributed by atoms with Gasteiger partial charge in [0.2, 0.25) is 5.91 Å². The molecule has 3 rings (SSSR count). The molecular weight excluding hydrogens is 491 g/mol. The molecule has 2 N–H and O–H groups in total. The second-order valence-electron chi connectivity index (χ2n) is 8.73. The molecule has 2 aromatic carbocycles. The lowest BCUT2D eigenvalue weighted by Gasteiger charge is -2.30. The van der Waals surface area contributed by atoms with E-state index in [2.05, 4.69) is 4.74 Å². The molecule has 0 fully saturated rings. The molecule has 0 aromatic heterocycles. The number of aryl methyl sites for hydroxylation is 1. The highest BCUT2D eigenvalue weighted by Gasteiger charge is 2.43. The second kappa shape index (κ2) is 12.0. The van der Waals surface area contributed by atoms with Crippen molar-refractivity contribution >= 4 is 29.4 Å².